The van der Waals surface area contributed by atoms with Gasteiger partial charge in [0.25, 0.3) is 5.22 Å². The molecule has 0 aliphatic heterocycles. The first-order chi connectivity index (χ1) is 13.7. The molecule has 28 heavy (non-hydrogen) atoms. The van der Waals surface area contributed by atoms with Gasteiger partial charge in [-0.1, -0.05) is 17.8 Å². The molecule has 2 aromatic heterocycles. The Morgan fingerprint density at radius 3 is 2.82 bits per heavy atom. The molecule has 0 saturated carbocycles. The zero-order valence-electron chi connectivity index (χ0n) is 14.5. The topological polar surface area (TPSA) is 105 Å². The van der Waals surface area contributed by atoms with Gasteiger partial charge in [-0.25, -0.2) is 0 Å². The molecule has 1 amide bonds. The van der Waals surface area contributed by atoms with Crippen LogP contribution in [0.15, 0.2) is 70.4 Å². The van der Waals surface area contributed by atoms with Crippen LogP contribution in [0.2, 0.25) is 0 Å². The van der Waals surface area contributed by atoms with E-state index in [1.807, 2.05) is 36.4 Å². The quantitative estimate of drug-likeness (QED) is 0.518. The van der Waals surface area contributed by atoms with E-state index in [4.69, 9.17) is 9.68 Å². The lowest BCUT2D eigenvalue weighted by Gasteiger charge is -2.03. The lowest BCUT2D eigenvalue weighted by Crippen LogP contribution is -2.13. The summed E-state index contributed by atoms with van der Waals surface area (Å²) in [6.45, 7) is 0. The number of nitrogens with zero attached hydrogens (tertiary/aromatic N) is 4. The normalized spacial score (nSPS) is 10.5. The Hall–Kier alpha value is -3.70. The van der Waals surface area contributed by atoms with Crippen molar-refractivity contribution >= 4 is 34.3 Å². The standard InChI is InChI=1S/C20H13N5O2S/c21-11-13-3-6-16(7-4-13)23-18(26)12-28-20-25-24-19(27-20)15-5-8-17-14(10-15)2-1-9-22-17/h1-10H,12H2,(H,23,26). The van der Waals surface area contributed by atoms with Gasteiger partial charge in [-0.2, -0.15) is 5.26 Å². The third-order valence-electron chi connectivity index (χ3n) is 3.88. The van der Waals surface area contributed by atoms with Crippen molar-refractivity contribution in [1.29, 1.82) is 5.26 Å². The predicted octanol–water partition coefficient (Wildman–Crippen LogP) is 3.89. The van der Waals surface area contributed by atoms with Crippen LogP contribution in [-0.2, 0) is 4.79 Å². The van der Waals surface area contributed by atoms with Gasteiger partial charge in [-0.05, 0) is 48.5 Å². The molecule has 0 aliphatic rings. The van der Waals surface area contributed by atoms with Crippen molar-refractivity contribution in [1.82, 2.24) is 15.2 Å². The van der Waals surface area contributed by atoms with E-state index >= 15 is 0 Å². The van der Waals surface area contributed by atoms with Crippen molar-refractivity contribution < 1.29 is 9.21 Å². The molecule has 0 unspecified atom stereocenters. The number of hydrogen-bond donors (Lipinski definition) is 1. The monoisotopic (exact) mass is 387 g/mol. The van der Waals surface area contributed by atoms with Gasteiger partial charge in [-0.15, -0.1) is 10.2 Å². The largest absolute Gasteiger partial charge is 0.411 e. The summed E-state index contributed by atoms with van der Waals surface area (Å²) in [5, 5.41) is 20.9. The summed E-state index contributed by atoms with van der Waals surface area (Å²) in [5.74, 6) is 0.315. The molecule has 0 bridgehead atoms. The number of anilines is 1. The van der Waals surface area contributed by atoms with Crippen LogP contribution in [0.3, 0.4) is 0 Å². The number of carbonyl (C=O) groups is 1. The second-order valence-electron chi connectivity index (χ2n) is 5.81. The molecule has 0 spiro atoms. The number of nitrogens with one attached hydrogen (secondary N) is 1. The number of hydrogen-bond acceptors (Lipinski definition) is 7. The number of carbonyl (C=O) groups excluding carboxylic acids is 1. The Labute approximate surface area is 164 Å². The van der Waals surface area contributed by atoms with Crippen molar-refractivity contribution in [3.05, 3.63) is 66.4 Å². The van der Waals surface area contributed by atoms with E-state index in [9.17, 15) is 4.79 Å². The molecule has 0 atom stereocenters. The summed E-state index contributed by atoms with van der Waals surface area (Å²) in [6, 6.07) is 18.2. The molecule has 0 saturated heterocycles. The Morgan fingerprint density at radius 1 is 1.14 bits per heavy atom. The third-order valence-corrected chi connectivity index (χ3v) is 4.70. The van der Waals surface area contributed by atoms with Crippen LogP contribution in [0.1, 0.15) is 5.56 Å². The lowest BCUT2D eigenvalue weighted by molar-refractivity contribution is -0.113. The fourth-order valence-corrected chi connectivity index (χ4v) is 3.11. The fourth-order valence-electron chi connectivity index (χ4n) is 2.55. The minimum absolute atomic E-state index is 0.128. The maximum Gasteiger partial charge on any atom is 0.277 e. The molecule has 0 aliphatic carbocycles. The van der Waals surface area contributed by atoms with Crippen LogP contribution in [0.4, 0.5) is 5.69 Å². The molecular formula is C20H13N5O2S. The number of rotatable bonds is 5. The van der Waals surface area contributed by atoms with Crippen LogP contribution >= 0.6 is 11.8 Å². The van der Waals surface area contributed by atoms with E-state index in [-0.39, 0.29) is 11.7 Å². The van der Waals surface area contributed by atoms with Gasteiger partial charge in [0.1, 0.15) is 0 Å². The number of fused-ring (bicyclic) bond motifs is 1. The summed E-state index contributed by atoms with van der Waals surface area (Å²) in [6.07, 6.45) is 1.74. The average Bonchev–Trinajstić information content (AvgIpc) is 3.21. The lowest BCUT2D eigenvalue weighted by atomic mass is 10.1. The molecule has 2 aromatic carbocycles. The van der Waals surface area contributed by atoms with Crippen molar-refractivity contribution in [3.8, 4) is 17.5 Å². The van der Waals surface area contributed by atoms with Crippen LogP contribution in [-0.4, -0.2) is 26.8 Å². The number of amides is 1. The zero-order valence-corrected chi connectivity index (χ0v) is 15.3. The van der Waals surface area contributed by atoms with Gasteiger partial charge >= 0.3 is 0 Å². The molecule has 1 N–H and O–H groups in total. The highest BCUT2D eigenvalue weighted by atomic mass is 32.2. The summed E-state index contributed by atoms with van der Waals surface area (Å²) < 4.78 is 5.65. The van der Waals surface area contributed by atoms with Crippen LogP contribution in [0.25, 0.3) is 22.4 Å². The zero-order chi connectivity index (χ0) is 19.3. The SMILES string of the molecule is N#Cc1ccc(NC(=O)CSc2nnc(-c3ccc4ncccc4c3)o2)cc1. The molecule has 7 nitrogen and oxygen atoms in total. The van der Waals surface area contributed by atoms with E-state index < -0.39 is 0 Å². The summed E-state index contributed by atoms with van der Waals surface area (Å²) in [4.78, 5) is 16.4. The maximum absolute atomic E-state index is 12.1. The van der Waals surface area contributed by atoms with Crippen molar-refractivity contribution in [2.75, 3.05) is 11.1 Å². The van der Waals surface area contributed by atoms with Crippen LogP contribution < -0.4 is 5.32 Å². The fraction of sp³-hybridized carbons (Fsp3) is 0.0500. The molecular weight excluding hydrogens is 374 g/mol. The van der Waals surface area contributed by atoms with Crippen LogP contribution in [0, 0.1) is 11.3 Å². The highest BCUT2D eigenvalue weighted by molar-refractivity contribution is 7.99. The van der Waals surface area contributed by atoms with E-state index in [0.29, 0.717) is 22.4 Å². The first-order valence-corrected chi connectivity index (χ1v) is 9.31. The smallest absolute Gasteiger partial charge is 0.277 e. The van der Waals surface area contributed by atoms with Crippen molar-refractivity contribution in [2.45, 2.75) is 5.22 Å². The second-order valence-corrected chi connectivity index (χ2v) is 6.74. The number of thioether (sulfide) groups is 1. The molecule has 0 radical (unpaired) electrons. The Balaban J connectivity index is 1.38. The molecule has 8 heteroatoms. The van der Waals surface area contributed by atoms with Gasteiger partial charge in [0.15, 0.2) is 0 Å². The highest BCUT2D eigenvalue weighted by Gasteiger charge is 2.12. The highest BCUT2D eigenvalue weighted by Crippen LogP contribution is 2.25. The third kappa shape index (κ3) is 4.00. The number of nitriles is 1. The minimum Gasteiger partial charge on any atom is -0.411 e. The first kappa shape index (κ1) is 17.7. The number of pyridine rings is 1. The summed E-state index contributed by atoms with van der Waals surface area (Å²) >= 11 is 1.16. The molecule has 2 heterocycles. The number of aromatic nitrogens is 3. The van der Waals surface area contributed by atoms with E-state index in [0.717, 1.165) is 28.2 Å². The van der Waals surface area contributed by atoms with E-state index in [1.54, 1.807) is 30.5 Å². The van der Waals surface area contributed by atoms with E-state index in [1.165, 1.54) is 0 Å². The summed E-state index contributed by atoms with van der Waals surface area (Å²) in [5.41, 5.74) is 2.84. The van der Waals surface area contributed by atoms with Gasteiger partial charge in [-0.3, -0.25) is 9.78 Å². The molecule has 136 valence electrons. The first-order valence-electron chi connectivity index (χ1n) is 8.33. The average molecular weight is 387 g/mol. The van der Waals surface area contributed by atoms with Gasteiger partial charge in [0.2, 0.25) is 11.8 Å². The second kappa shape index (κ2) is 7.90. The van der Waals surface area contributed by atoms with Crippen molar-refractivity contribution in [3.63, 3.8) is 0 Å². The predicted molar refractivity (Wildman–Crippen MR) is 106 cm³/mol. The Kier molecular flexibility index (Phi) is 4.99. The number of benzene rings is 2. The van der Waals surface area contributed by atoms with Gasteiger partial charge in [0, 0.05) is 22.8 Å². The Morgan fingerprint density at radius 2 is 2.00 bits per heavy atom. The maximum atomic E-state index is 12.1. The van der Waals surface area contributed by atoms with E-state index in [2.05, 4.69) is 20.5 Å². The molecule has 0 fully saturated rings. The van der Waals surface area contributed by atoms with Crippen molar-refractivity contribution in [2.24, 2.45) is 0 Å². The summed E-state index contributed by atoms with van der Waals surface area (Å²) in [7, 11) is 0. The van der Waals surface area contributed by atoms with Crippen LogP contribution in [0.5, 0.6) is 0 Å². The minimum atomic E-state index is -0.203. The molecule has 4 rings (SSSR count). The Bertz CT molecular complexity index is 1180. The van der Waals surface area contributed by atoms with Gasteiger partial charge < -0.3 is 9.73 Å². The molecule has 4 aromatic rings. The van der Waals surface area contributed by atoms with Gasteiger partial charge in [0.05, 0.1) is 22.9 Å².